The van der Waals surface area contributed by atoms with Crippen LogP contribution in [0.1, 0.15) is 20.8 Å². The van der Waals surface area contributed by atoms with Gasteiger partial charge in [-0.25, -0.2) is 0 Å². The summed E-state index contributed by atoms with van der Waals surface area (Å²) in [6.07, 6.45) is 1.01. The first-order valence-corrected chi connectivity index (χ1v) is 9.93. The molecule has 0 spiro atoms. The Hall–Kier alpha value is -3.12. The quantitative estimate of drug-likeness (QED) is 0.549. The van der Waals surface area contributed by atoms with Gasteiger partial charge in [-0.2, -0.15) is 0 Å². The van der Waals surface area contributed by atoms with Crippen molar-refractivity contribution in [2.75, 3.05) is 6.54 Å². The summed E-state index contributed by atoms with van der Waals surface area (Å²) in [6.45, 7) is 0.419. The number of rotatable bonds is 8. The number of phenolic OH excluding ortho intramolecular Hbond substituents is 1. The molecule has 1 aromatic heterocycles. The van der Waals surface area contributed by atoms with E-state index < -0.39 is 6.04 Å². The molecule has 2 aromatic carbocycles. The van der Waals surface area contributed by atoms with Gasteiger partial charge in [0.25, 0.3) is 5.91 Å². The maximum Gasteiger partial charge on any atom is 0.262 e. The van der Waals surface area contributed by atoms with E-state index in [2.05, 4.69) is 10.6 Å². The average Bonchev–Trinajstić information content (AvgIpc) is 3.23. The highest BCUT2D eigenvalue weighted by molar-refractivity contribution is 7.12. The fraction of sp³-hybridized carbons (Fsp3) is 0.182. The van der Waals surface area contributed by atoms with Gasteiger partial charge in [-0.3, -0.25) is 9.59 Å². The van der Waals surface area contributed by atoms with E-state index in [1.807, 2.05) is 41.8 Å². The molecule has 3 aromatic rings. The fourth-order valence-electron chi connectivity index (χ4n) is 2.86. The lowest BCUT2D eigenvalue weighted by molar-refractivity contribution is -0.122. The van der Waals surface area contributed by atoms with Crippen LogP contribution in [0, 0.1) is 0 Å². The lowest BCUT2D eigenvalue weighted by atomic mass is 10.0. The summed E-state index contributed by atoms with van der Waals surface area (Å²) in [7, 11) is 0. The highest BCUT2D eigenvalue weighted by Crippen LogP contribution is 2.12. The van der Waals surface area contributed by atoms with Gasteiger partial charge < -0.3 is 15.7 Å². The lowest BCUT2D eigenvalue weighted by Crippen LogP contribution is -2.48. The van der Waals surface area contributed by atoms with Crippen molar-refractivity contribution in [2.24, 2.45) is 0 Å². The van der Waals surface area contributed by atoms with Gasteiger partial charge in [-0.05, 0) is 41.1 Å². The van der Waals surface area contributed by atoms with E-state index in [9.17, 15) is 14.7 Å². The molecule has 3 N–H and O–H groups in total. The molecule has 0 fully saturated rings. The number of hydrogen-bond donors (Lipinski definition) is 3. The number of benzene rings is 2. The molecule has 0 aliphatic heterocycles. The molecule has 6 heteroatoms. The highest BCUT2D eigenvalue weighted by atomic mass is 32.1. The third-order valence-corrected chi connectivity index (χ3v) is 5.14. The zero-order valence-electron chi connectivity index (χ0n) is 15.3. The Labute approximate surface area is 168 Å². The number of carbonyl (C=O) groups is 2. The van der Waals surface area contributed by atoms with Crippen LogP contribution in [-0.4, -0.2) is 29.5 Å². The van der Waals surface area contributed by atoms with Crippen LogP contribution in [0.2, 0.25) is 0 Å². The maximum absolute atomic E-state index is 12.7. The van der Waals surface area contributed by atoms with Gasteiger partial charge >= 0.3 is 0 Å². The molecule has 0 saturated heterocycles. The second kappa shape index (κ2) is 9.71. The Morgan fingerprint density at radius 1 is 0.964 bits per heavy atom. The monoisotopic (exact) mass is 394 g/mol. The highest BCUT2D eigenvalue weighted by Gasteiger charge is 2.22. The first-order valence-electron chi connectivity index (χ1n) is 9.06. The van der Waals surface area contributed by atoms with E-state index >= 15 is 0 Å². The van der Waals surface area contributed by atoms with Gasteiger partial charge in [-0.1, -0.05) is 48.5 Å². The van der Waals surface area contributed by atoms with Crippen LogP contribution in [-0.2, 0) is 17.6 Å². The summed E-state index contributed by atoms with van der Waals surface area (Å²) in [6, 6.07) is 19.4. The Balaban J connectivity index is 1.62. The minimum absolute atomic E-state index is 0.203. The van der Waals surface area contributed by atoms with Crippen molar-refractivity contribution in [3.63, 3.8) is 0 Å². The van der Waals surface area contributed by atoms with Gasteiger partial charge in [-0.15, -0.1) is 11.3 Å². The molecular weight excluding hydrogens is 372 g/mol. The third kappa shape index (κ3) is 5.69. The van der Waals surface area contributed by atoms with Crippen molar-refractivity contribution in [2.45, 2.75) is 18.9 Å². The summed E-state index contributed by atoms with van der Waals surface area (Å²) >= 11 is 1.34. The van der Waals surface area contributed by atoms with E-state index in [0.717, 1.165) is 11.1 Å². The molecule has 0 aliphatic carbocycles. The summed E-state index contributed by atoms with van der Waals surface area (Å²) in [5.74, 6) is -0.276. The summed E-state index contributed by atoms with van der Waals surface area (Å²) in [5, 5.41) is 17.1. The number of hydrogen-bond acceptors (Lipinski definition) is 4. The Bertz CT molecular complexity index is 911. The first-order chi connectivity index (χ1) is 13.6. The van der Waals surface area contributed by atoms with Gasteiger partial charge in [0.1, 0.15) is 11.8 Å². The molecular formula is C22H22N2O3S. The van der Waals surface area contributed by atoms with E-state index in [4.69, 9.17) is 0 Å². The molecule has 5 nitrogen and oxygen atoms in total. The number of amides is 2. The Morgan fingerprint density at radius 2 is 1.75 bits per heavy atom. The topological polar surface area (TPSA) is 78.4 Å². The molecule has 0 saturated carbocycles. The number of aromatic hydroxyl groups is 1. The van der Waals surface area contributed by atoms with E-state index in [-0.39, 0.29) is 17.6 Å². The van der Waals surface area contributed by atoms with Gasteiger partial charge in [0.15, 0.2) is 0 Å². The zero-order chi connectivity index (χ0) is 19.8. The van der Waals surface area contributed by atoms with Crippen LogP contribution in [0.3, 0.4) is 0 Å². The SMILES string of the molecule is O=C(N[C@H](Cc1ccccc1)C(=O)NCCc1cccc(O)c1)c1cccs1. The fourth-order valence-corrected chi connectivity index (χ4v) is 3.49. The molecule has 144 valence electrons. The maximum atomic E-state index is 12.7. The number of thiophene rings is 1. The van der Waals surface area contributed by atoms with E-state index in [1.54, 1.807) is 30.3 Å². The minimum atomic E-state index is -0.666. The second-order valence-electron chi connectivity index (χ2n) is 6.40. The standard InChI is InChI=1S/C22H22N2O3S/c25-18-9-4-8-17(14-18)11-12-23-21(26)19(15-16-6-2-1-3-7-16)24-22(27)20-10-5-13-28-20/h1-10,13-14,19,25H,11-12,15H2,(H,23,26)(H,24,27)/t19-/m1/s1. The number of phenols is 1. The van der Waals surface area contributed by atoms with Gasteiger partial charge in [0.05, 0.1) is 4.88 Å². The second-order valence-corrected chi connectivity index (χ2v) is 7.35. The van der Waals surface area contributed by atoms with Gasteiger partial charge in [0.2, 0.25) is 5.91 Å². The number of carbonyl (C=O) groups excluding carboxylic acids is 2. The predicted molar refractivity (Wildman–Crippen MR) is 111 cm³/mol. The zero-order valence-corrected chi connectivity index (χ0v) is 16.1. The summed E-state index contributed by atoms with van der Waals surface area (Å²) in [5.41, 5.74) is 1.91. The van der Waals surface area contributed by atoms with Crippen LogP contribution in [0.4, 0.5) is 0 Å². The predicted octanol–water partition coefficient (Wildman–Crippen LogP) is 3.15. The van der Waals surface area contributed by atoms with Crippen molar-refractivity contribution in [1.82, 2.24) is 10.6 Å². The third-order valence-electron chi connectivity index (χ3n) is 4.27. The largest absolute Gasteiger partial charge is 0.508 e. The molecule has 1 heterocycles. The van der Waals surface area contributed by atoms with Crippen molar-refractivity contribution < 1.29 is 14.7 Å². The first kappa shape index (κ1) is 19.6. The van der Waals surface area contributed by atoms with E-state index in [1.165, 1.54) is 11.3 Å². The van der Waals surface area contributed by atoms with Crippen LogP contribution >= 0.6 is 11.3 Å². The number of nitrogens with one attached hydrogen (secondary N) is 2. The summed E-state index contributed by atoms with van der Waals surface area (Å²) in [4.78, 5) is 25.7. The van der Waals surface area contributed by atoms with Crippen LogP contribution in [0.25, 0.3) is 0 Å². The lowest BCUT2D eigenvalue weighted by Gasteiger charge is -2.18. The van der Waals surface area contributed by atoms with Crippen molar-refractivity contribution in [3.05, 3.63) is 88.1 Å². The molecule has 0 unspecified atom stereocenters. The minimum Gasteiger partial charge on any atom is -0.508 e. The molecule has 0 bridgehead atoms. The van der Waals surface area contributed by atoms with Crippen molar-refractivity contribution in [3.8, 4) is 5.75 Å². The normalized spacial score (nSPS) is 11.6. The Morgan fingerprint density at radius 3 is 2.46 bits per heavy atom. The van der Waals surface area contributed by atoms with Crippen LogP contribution in [0.5, 0.6) is 5.75 Å². The molecule has 28 heavy (non-hydrogen) atoms. The van der Waals surface area contributed by atoms with Crippen LogP contribution in [0.15, 0.2) is 72.1 Å². The Kier molecular flexibility index (Phi) is 6.81. The smallest absolute Gasteiger partial charge is 0.262 e. The van der Waals surface area contributed by atoms with Crippen molar-refractivity contribution in [1.29, 1.82) is 0 Å². The summed E-state index contributed by atoms with van der Waals surface area (Å²) < 4.78 is 0. The molecule has 0 radical (unpaired) electrons. The average molecular weight is 394 g/mol. The molecule has 2 amide bonds. The van der Waals surface area contributed by atoms with Gasteiger partial charge in [0, 0.05) is 13.0 Å². The molecule has 1 atom stereocenters. The molecule has 0 aliphatic rings. The molecule has 3 rings (SSSR count). The van der Waals surface area contributed by atoms with Crippen LogP contribution < -0.4 is 10.6 Å². The van der Waals surface area contributed by atoms with Crippen molar-refractivity contribution >= 4 is 23.2 Å². The van der Waals surface area contributed by atoms with E-state index in [0.29, 0.717) is 24.3 Å².